The Kier molecular flexibility index (Phi) is 3.04. The predicted octanol–water partition coefficient (Wildman–Crippen LogP) is 2.19. The molecule has 6 nitrogen and oxygen atoms in total. The van der Waals surface area contributed by atoms with Gasteiger partial charge in [0.05, 0.1) is 22.4 Å². The van der Waals surface area contributed by atoms with Crippen molar-refractivity contribution in [3.8, 4) is 0 Å². The van der Waals surface area contributed by atoms with Gasteiger partial charge in [0, 0.05) is 12.1 Å². The molecule has 0 N–H and O–H groups in total. The van der Waals surface area contributed by atoms with E-state index in [2.05, 4.69) is 0 Å². The molecule has 2 aliphatic rings. The van der Waals surface area contributed by atoms with Crippen LogP contribution in [0.25, 0.3) is 0 Å². The number of carbonyl (C=O) groups is 2. The molecule has 3 rings (SSSR count). The van der Waals surface area contributed by atoms with Gasteiger partial charge in [0.2, 0.25) is 11.8 Å². The number of non-ortho nitro benzene ring substituents is 1. The van der Waals surface area contributed by atoms with Crippen LogP contribution in [0, 0.1) is 27.8 Å². The van der Waals surface area contributed by atoms with E-state index in [0.717, 1.165) is 23.1 Å². The van der Waals surface area contributed by atoms with Crippen molar-refractivity contribution in [2.45, 2.75) is 12.8 Å². The van der Waals surface area contributed by atoms with E-state index in [4.69, 9.17) is 0 Å². The molecule has 1 fully saturated rings. The number of amides is 2. The van der Waals surface area contributed by atoms with E-state index >= 15 is 0 Å². The minimum absolute atomic E-state index is 0.339. The summed E-state index contributed by atoms with van der Waals surface area (Å²) >= 11 is 0. The molecule has 1 saturated heterocycles. The van der Waals surface area contributed by atoms with Crippen LogP contribution in [-0.4, -0.2) is 16.7 Å². The molecule has 21 heavy (non-hydrogen) atoms. The zero-order valence-corrected chi connectivity index (χ0v) is 10.9. The number of halogens is 1. The summed E-state index contributed by atoms with van der Waals surface area (Å²) in [6.45, 7) is 0. The smallest absolute Gasteiger partial charge is 0.271 e. The quantitative estimate of drug-likeness (QED) is 0.362. The number of fused-ring (bicyclic) bond motifs is 1. The number of benzene rings is 1. The molecule has 0 aromatic heterocycles. The Morgan fingerprint density at radius 2 is 1.71 bits per heavy atom. The Balaban J connectivity index is 2.05. The lowest BCUT2D eigenvalue weighted by Crippen LogP contribution is -2.31. The average molecular weight is 290 g/mol. The van der Waals surface area contributed by atoms with Crippen LogP contribution in [0.4, 0.5) is 15.8 Å². The van der Waals surface area contributed by atoms with E-state index in [-0.39, 0.29) is 11.4 Å². The monoisotopic (exact) mass is 290 g/mol. The van der Waals surface area contributed by atoms with E-state index in [9.17, 15) is 24.1 Å². The molecule has 1 aliphatic carbocycles. The van der Waals surface area contributed by atoms with Crippen LogP contribution in [0.15, 0.2) is 30.4 Å². The third-order valence-electron chi connectivity index (χ3n) is 3.89. The van der Waals surface area contributed by atoms with Crippen molar-refractivity contribution in [1.82, 2.24) is 0 Å². The summed E-state index contributed by atoms with van der Waals surface area (Å²) < 4.78 is 13.9. The van der Waals surface area contributed by atoms with Crippen LogP contribution in [-0.2, 0) is 9.59 Å². The first-order chi connectivity index (χ1) is 10.0. The van der Waals surface area contributed by atoms with Gasteiger partial charge in [-0.2, -0.15) is 0 Å². The van der Waals surface area contributed by atoms with Crippen LogP contribution < -0.4 is 4.90 Å². The lowest BCUT2D eigenvalue weighted by Gasteiger charge is -2.15. The van der Waals surface area contributed by atoms with Crippen molar-refractivity contribution in [2.75, 3.05) is 4.90 Å². The van der Waals surface area contributed by atoms with Crippen LogP contribution in [0.3, 0.4) is 0 Å². The highest BCUT2D eigenvalue weighted by atomic mass is 19.1. The van der Waals surface area contributed by atoms with Crippen molar-refractivity contribution in [3.05, 3.63) is 46.3 Å². The van der Waals surface area contributed by atoms with Gasteiger partial charge in [0.25, 0.3) is 5.69 Å². The van der Waals surface area contributed by atoms with E-state index in [1.165, 1.54) is 0 Å². The first kappa shape index (κ1) is 13.4. The second kappa shape index (κ2) is 4.76. The fourth-order valence-electron chi connectivity index (χ4n) is 2.82. The van der Waals surface area contributed by atoms with Crippen LogP contribution in [0.1, 0.15) is 12.8 Å². The lowest BCUT2D eigenvalue weighted by atomic mass is 9.85. The number of imide groups is 1. The maximum atomic E-state index is 13.9. The Morgan fingerprint density at radius 3 is 2.24 bits per heavy atom. The first-order valence-electron chi connectivity index (χ1n) is 6.47. The number of hydrogen-bond donors (Lipinski definition) is 0. The number of carbonyl (C=O) groups excluding carboxylic acids is 2. The number of anilines is 1. The second-order valence-corrected chi connectivity index (χ2v) is 5.06. The summed E-state index contributed by atoms with van der Waals surface area (Å²) in [5.41, 5.74) is -0.700. The lowest BCUT2D eigenvalue weighted by molar-refractivity contribution is -0.384. The van der Waals surface area contributed by atoms with Crippen molar-refractivity contribution < 1.29 is 18.9 Å². The van der Waals surface area contributed by atoms with Gasteiger partial charge < -0.3 is 0 Å². The third-order valence-corrected chi connectivity index (χ3v) is 3.89. The van der Waals surface area contributed by atoms with Gasteiger partial charge in [0.15, 0.2) is 0 Å². The minimum Gasteiger partial charge on any atom is -0.274 e. The van der Waals surface area contributed by atoms with Crippen molar-refractivity contribution in [3.63, 3.8) is 0 Å². The highest BCUT2D eigenvalue weighted by Gasteiger charge is 2.48. The molecule has 1 aliphatic heterocycles. The standard InChI is InChI=1S/C14H11FN2O4/c15-11-6-5-8(17(20)21)7-12(11)16-13(18)9-3-1-2-4-10(9)14(16)19/h1-2,5-7,9-10H,3-4H2. The summed E-state index contributed by atoms with van der Waals surface area (Å²) in [4.78, 5) is 35.5. The molecular formula is C14H11FN2O4. The maximum Gasteiger partial charge on any atom is 0.271 e. The van der Waals surface area contributed by atoms with Crippen molar-refractivity contribution in [2.24, 2.45) is 11.8 Å². The molecule has 2 atom stereocenters. The second-order valence-electron chi connectivity index (χ2n) is 5.06. The maximum absolute atomic E-state index is 13.9. The predicted molar refractivity (Wildman–Crippen MR) is 70.9 cm³/mol. The molecule has 1 heterocycles. The van der Waals surface area contributed by atoms with E-state index in [1.54, 1.807) is 0 Å². The van der Waals surface area contributed by atoms with E-state index in [0.29, 0.717) is 12.8 Å². The van der Waals surface area contributed by atoms with Gasteiger partial charge >= 0.3 is 0 Å². The molecule has 0 radical (unpaired) electrons. The van der Waals surface area contributed by atoms with E-state index < -0.39 is 34.4 Å². The number of nitrogens with zero attached hydrogens (tertiary/aromatic N) is 2. The molecule has 0 saturated carbocycles. The summed E-state index contributed by atoms with van der Waals surface area (Å²) in [6.07, 6.45) is 4.50. The summed E-state index contributed by atoms with van der Waals surface area (Å²) in [6, 6.07) is 2.82. The Hall–Kier alpha value is -2.57. The van der Waals surface area contributed by atoms with Gasteiger partial charge in [-0.05, 0) is 18.9 Å². The normalized spacial score (nSPS) is 24.3. The zero-order valence-electron chi connectivity index (χ0n) is 10.9. The Labute approximate surface area is 119 Å². The minimum atomic E-state index is -0.825. The molecule has 1 aromatic rings. The van der Waals surface area contributed by atoms with Crippen molar-refractivity contribution >= 4 is 23.2 Å². The largest absolute Gasteiger partial charge is 0.274 e. The summed E-state index contributed by atoms with van der Waals surface area (Å²) in [5, 5.41) is 10.8. The number of rotatable bonds is 2. The molecule has 2 unspecified atom stereocenters. The Bertz CT molecular complexity index is 660. The summed E-state index contributed by atoms with van der Waals surface area (Å²) in [7, 11) is 0. The van der Waals surface area contributed by atoms with Crippen LogP contribution in [0.2, 0.25) is 0 Å². The zero-order chi connectivity index (χ0) is 15.1. The van der Waals surface area contributed by atoms with Gasteiger partial charge in [-0.15, -0.1) is 0 Å². The van der Waals surface area contributed by atoms with Crippen LogP contribution in [0.5, 0.6) is 0 Å². The van der Waals surface area contributed by atoms with E-state index in [1.807, 2.05) is 12.2 Å². The third kappa shape index (κ3) is 2.01. The number of hydrogen-bond acceptors (Lipinski definition) is 4. The van der Waals surface area contributed by atoms with Gasteiger partial charge in [0.1, 0.15) is 5.82 Å². The molecule has 1 aromatic carbocycles. The number of nitro groups is 1. The van der Waals surface area contributed by atoms with Crippen molar-refractivity contribution in [1.29, 1.82) is 0 Å². The highest BCUT2D eigenvalue weighted by Crippen LogP contribution is 2.39. The number of allylic oxidation sites excluding steroid dienone is 2. The molecule has 7 heteroatoms. The SMILES string of the molecule is O=C1C2CC=CCC2C(=O)N1c1cc([N+](=O)[O-])ccc1F. The molecule has 0 bridgehead atoms. The molecular weight excluding hydrogens is 279 g/mol. The van der Waals surface area contributed by atoms with Crippen LogP contribution >= 0.6 is 0 Å². The molecule has 108 valence electrons. The van der Waals surface area contributed by atoms with Gasteiger partial charge in [-0.25, -0.2) is 9.29 Å². The van der Waals surface area contributed by atoms with Gasteiger partial charge in [-0.1, -0.05) is 12.2 Å². The topological polar surface area (TPSA) is 80.5 Å². The highest BCUT2D eigenvalue weighted by molar-refractivity contribution is 6.22. The Morgan fingerprint density at radius 1 is 1.14 bits per heavy atom. The average Bonchev–Trinajstić information content (AvgIpc) is 2.72. The first-order valence-corrected chi connectivity index (χ1v) is 6.47. The fraction of sp³-hybridized carbons (Fsp3) is 0.286. The van der Waals surface area contributed by atoms with Gasteiger partial charge in [-0.3, -0.25) is 19.7 Å². The fourth-order valence-corrected chi connectivity index (χ4v) is 2.82. The molecule has 0 spiro atoms. The molecule has 2 amide bonds. The summed E-state index contributed by atoms with van der Waals surface area (Å²) in [5.74, 6) is -2.81. The number of nitro benzene ring substituents is 1.